The van der Waals surface area contributed by atoms with Gasteiger partial charge in [-0.05, 0) is 31.4 Å². The Hall–Kier alpha value is -1.95. The van der Waals surface area contributed by atoms with Crippen LogP contribution in [0.15, 0.2) is 12.1 Å². The third-order valence-corrected chi connectivity index (χ3v) is 3.18. The Labute approximate surface area is 124 Å². The fourth-order valence-electron chi connectivity index (χ4n) is 2.15. The number of rotatable bonds is 7. The van der Waals surface area contributed by atoms with E-state index in [0.29, 0.717) is 31.6 Å². The Morgan fingerprint density at radius 1 is 1.43 bits per heavy atom. The maximum absolute atomic E-state index is 11.2. The van der Waals surface area contributed by atoms with Gasteiger partial charge in [0.2, 0.25) is 12.7 Å². The number of carbonyl (C=O) groups is 1. The Balaban J connectivity index is 2.01. The number of amides is 1. The van der Waals surface area contributed by atoms with Gasteiger partial charge in [-0.15, -0.1) is 0 Å². The molecular formula is C15H22N2O4. The minimum absolute atomic E-state index is 0.0140. The van der Waals surface area contributed by atoms with Gasteiger partial charge in [0.1, 0.15) is 5.75 Å². The van der Waals surface area contributed by atoms with Crippen LogP contribution >= 0.6 is 0 Å². The molecule has 1 aromatic carbocycles. The molecule has 6 heteroatoms. The van der Waals surface area contributed by atoms with Crippen LogP contribution in [0, 0.1) is 0 Å². The van der Waals surface area contributed by atoms with Crippen LogP contribution in [0.4, 0.5) is 0 Å². The van der Waals surface area contributed by atoms with Gasteiger partial charge in [-0.25, -0.2) is 0 Å². The van der Waals surface area contributed by atoms with Crippen LogP contribution in [0.3, 0.4) is 0 Å². The molecule has 0 saturated carbocycles. The zero-order chi connectivity index (χ0) is 15.2. The molecule has 21 heavy (non-hydrogen) atoms. The van der Waals surface area contributed by atoms with Crippen LogP contribution in [-0.4, -0.2) is 32.4 Å². The first-order valence-corrected chi connectivity index (χ1v) is 7.11. The fraction of sp³-hybridized carbons (Fsp3) is 0.533. The summed E-state index contributed by atoms with van der Waals surface area (Å²) in [4.78, 5) is 11.2. The molecular weight excluding hydrogens is 272 g/mol. The molecule has 1 atom stereocenters. The first kappa shape index (κ1) is 15.4. The SMILES string of the molecule is CNC(=O)CCCOc1cc2c(cc1CC(C)N)OCO2. The van der Waals surface area contributed by atoms with Crippen molar-refractivity contribution in [2.75, 3.05) is 20.4 Å². The summed E-state index contributed by atoms with van der Waals surface area (Å²) in [5.41, 5.74) is 6.87. The number of nitrogens with one attached hydrogen (secondary N) is 1. The minimum atomic E-state index is 0.0140. The quantitative estimate of drug-likeness (QED) is 0.739. The summed E-state index contributed by atoms with van der Waals surface area (Å²) < 4.78 is 16.5. The lowest BCUT2D eigenvalue weighted by molar-refractivity contribution is -0.120. The lowest BCUT2D eigenvalue weighted by atomic mass is 10.1. The van der Waals surface area contributed by atoms with Gasteiger partial charge in [0.15, 0.2) is 11.5 Å². The van der Waals surface area contributed by atoms with E-state index < -0.39 is 0 Å². The summed E-state index contributed by atoms with van der Waals surface area (Å²) in [5, 5.41) is 2.59. The molecule has 0 radical (unpaired) electrons. The highest BCUT2D eigenvalue weighted by molar-refractivity contribution is 5.75. The van der Waals surface area contributed by atoms with Gasteiger partial charge in [0, 0.05) is 25.6 Å². The average Bonchev–Trinajstić information content (AvgIpc) is 2.89. The van der Waals surface area contributed by atoms with Gasteiger partial charge in [0.25, 0.3) is 0 Å². The van der Waals surface area contributed by atoms with E-state index in [4.69, 9.17) is 19.9 Å². The summed E-state index contributed by atoms with van der Waals surface area (Å²) >= 11 is 0. The van der Waals surface area contributed by atoms with E-state index in [9.17, 15) is 4.79 Å². The van der Waals surface area contributed by atoms with Gasteiger partial charge < -0.3 is 25.3 Å². The van der Waals surface area contributed by atoms with Gasteiger partial charge in [-0.1, -0.05) is 0 Å². The molecule has 0 aliphatic carbocycles. The van der Waals surface area contributed by atoms with E-state index in [2.05, 4.69) is 5.32 Å². The van der Waals surface area contributed by atoms with Gasteiger partial charge in [0.05, 0.1) is 6.61 Å². The molecule has 1 heterocycles. The molecule has 0 saturated heterocycles. The monoisotopic (exact) mass is 294 g/mol. The van der Waals surface area contributed by atoms with Crippen LogP contribution in [0.5, 0.6) is 17.2 Å². The van der Waals surface area contributed by atoms with Crippen LogP contribution in [-0.2, 0) is 11.2 Å². The summed E-state index contributed by atoms with van der Waals surface area (Å²) in [6.07, 6.45) is 1.80. The number of nitrogens with two attached hydrogens (primary N) is 1. The zero-order valence-electron chi connectivity index (χ0n) is 12.5. The summed E-state index contributed by atoms with van der Waals surface area (Å²) in [6.45, 7) is 2.64. The number of hydrogen-bond donors (Lipinski definition) is 2. The third-order valence-electron chi connectivity index (χ3n) is 3.18. The summed E-state index contributed by atoms with van der Waals surface area (Å²) in [6, 6.07) is 3.78. The van der Waals surface area contributed by atoms with E-state index in [0.717, 1.165) is 17.1 Å². The fourth-order valence-corrected chi connectivity index (χ4v) is 2.15. The van der Waals surface area contributed by atoms with E-state index in [1.807, 2.05) is 19.1 Å². The van der Waals surface area contributed by atoms with Crippen molar-refractivity contribution in [2.24, 2.45) is 5.73 Å². The van der Waals surface area contributed by atoms with Gasteiger partial charge >= 0.3 is 0 Å². The molecule has 1 aliphatic rings. The predicted molar refractivity (Wildman–Crippen MR) is 78.7 cm³/mol. The number of hydrogen-bond acceptors (Lipinski definition) is 5. The third kappa shape index (κ3) is 4.26. The second-order valence-corrected chi connectivity index (χ2v) is 5.12. The molecule has 2 rings (SSSR count). The molecule has 1 unspecified atom stereocenters. The van der Waals surface area contributed by atoms with Crippen LogP contribution in [0.25, 0.3) is 0 Å². The Morgan fingerprint density at radius 3 is 2.81 bits per heavy atom. The minimum Gasteiger partial charge on any atom is -0.493 e. The van der Waals surface area contributed by atoms with E-state index >= 15 is 0 Å². The second kappa shape index (κ2) is 7.17. The highest BCUT2D eigenvalue weighted by Crippen LogP contribution is 2.38. The normalized spacial score (nSPS) is 13.9. The molecule has 1 aliphatic heterocycles. The largest absolute Gasteiger partial charge is 0.493 e. The smallest absolute Gasteiger partial charge is 0.231 e. The zero-order valence-corrected chi connectivity index (χ0v) is 12.5. The van der Waals surface area contributed by atoms with E-state index in [1.54, 1.807) is 7.05 Å². The number of fused-ring (bicyclic) bond motifs is 1. The molecule has 3 N–H and O–H groups in total. The Bertz CT molecular complexity index is 503. The Kier molecular flexibility index (Phi) is 5.27. The standard InChI is InChI=1S/C15H22N2O4/c1-10(16)6-11-7-13-14(21-9-20-13)8-12(11)19-5-3-4-15(18)17-2/h7-8,10H,3-6,9,16H2,1-2H3,(H,17,18). The highest BCUT2D eigenvalue weighted by Gasteiger charge is 2.18. The van der Waals surface area contributed by atoms with Crippen molar-refractivity contribution in [1.82, 2.24) is 5.32 Å². The topological polar surface area (TPSA) is 82.8 Å². The van der Waals surface area contributed by atoms with Gasteiger partial charge in [-0.3, -0.25) is 4.79 Å². The highest BCUT2D eigenvalue weighted by atomic mass is 16.7. The van der Waals surface area contributed by atoms with Crippen LogP contribution in [0.1, 0.15) is 25.3 Å². The van der Waals surface area contributed by atoms with Crippen LogP contribution < -0.4 is 25.3 Å². The number of carbonyl (C=O) groups excluding carboxylic acids is 1. The van der Waals surface area contributed by atoms with Crippen molar-refractivity contribution in [3.05, 3.63) is 17.7 Å². The summed E-state index contributed by atoms with van der Waals surface area (Å²) in [7, 11) is 1.63. The number of ether oxygens (including phenoxy) is 3. The lowest BCUT2D eigenvalue weighted by Crippen LogP contribution is -2.19. The molecule has 0 bridgehead atoms. The van der Waals surface area contributed by atoms with Gasteiger partial charge in [-0.2, -0.15) is 0 Å². The number of benzene rings is 1. The maximum atomic E-state index is 11.2. The van der Waals surface area contributed by atoms with E-state index in [-0.39, 0.29) is 18.7 Å². The Morgan fingerprint density at radius 2 is 2.14 bits per heavy atom. The maximum Gasteiger partial charge on any atom is 0.231 e. The first-order valence-electron chi connectivity index (χ1n) is 7.11. The van der Waals surface area contributed by atoms with Crippen molar-refractivity contribution in [1.29, 1.82) is 0 Å². The summed E-state index contributed by atoms with van der Waals surface area (Å²) in [5.74, 6) is 2.17. The predicted octanol–water partition coefficient (Wildman–Crippen LogP) is 1.21. The van der Waals surface area contributed by atoms with Crippen LogP contribution in [0.2, 0.25) is 0 Å². The molecule has 1 aromatic rings. The molecule has 1 amide bonds. The van der Waals surface area contributed by atoms with Crippen molar-refractivity contribution >= 4 is 5.91 Å². The van der Waals surface area contributed by atoms with Crippen molar-refractivity contribution in [2.45, 2.75) is 32.2 Å². The van der Waals surface area contributed by atoms with Crippen molar-refractivity contribution < 1.29 is 19.0 Å². The molecule has 116 valence electrons. The van der Waals surface area contributed by atoms with Crippen molar-refractivity contribution in [3.8, 4) is 17.2 Å². The molecule has 0 aromatic heterocycles. The average molecular weight is 294 g/mol. The lowest BCUT2D eigenvalue weighted by Gasteiger charge is -2.14. The van der Waals surface area contributed by atoms with Crippen molar-refractivity contribution in [3.63, 3.8) is 0 Å². The van der Waals surface area contributed by atoms with E-state index in [1.165, 1.54) is 0 Å². The second-order valence-electron chi connectivity index (χ2n) is 5.12. The first-order chi connectivity index (χ1) is 10.1. The molecule has 0 fully saturated rings. The molecule has 0 spiro atoms. The molecule has 6 nitrogen and oxygen atoms in total.